The van der Waals surface area contributed by atoms with Gasteiger partial charge in [-0.05, 0) is 31.2 Å². The van der Waals surface area contributed by atoms with Gasteiger partial charge in [0.25, 0.3) is 0 Å². The Morgan fingerprint density at radius 1 is 1.28 bits per heavy atom. The number of rotatable bonds is 2. The SMILES string of the molecule is Cc1ccc2oc(C(=O)c3ccn(C)n3)cc2c1. The summed E-state index contributed by atoms with van der Waals surface area (Å²) in [5, 5.41) is 5.02. The Labute approximate surface area is 104 Å². The van der Waals surface area contributed by atoms with Crippen molar-refractivity contribution in [3.63, 3.8) is 0 Å². The van der Waals surface area contributed by atoms with Crippen LogP contribution in [-0.4, -0.2) is 15.6 Å². The van der Waals surface area contributed by atoms with Gasteiger partial charge in [-0.1, -0.05) is 11.6 Å². The molecule has 0 spiro atoms. The fourth-order valence-corrected chi connectivity index (χ4v) is 1.94. The lowest BCUT2D eigenvalue weighted by molar-refractivity contribution is 0.101. The molecule has 0 N–H and O–H groups in total. The van der Waals surface area contributed by atoms with E-state index in [1.54, 1.807) is 30.1 Å². The Morgan fingerprint density at radius 2 is 2.11 bits per heavy atom. The van der Waals surface area contributed by atoms with Crippen molar-refractivity contribution in [1.29, 1.82) is 0 Å². The van der Waals surface area contributed by atoms with Gasteiger partial charge >= 0.3 is 0 Å². The van der Waals surface area contributed by atoms with E-state index in [2.05, 4.69) is 5.10 Å². The summed E-state index contributed by atoms with van der Waals surface area (Å²) in [6.07, 6.45) is 1.74. The van der Waals surface area contributed by atoms with E-state index < -0.39 is 0 Å². The van der Waals surface area contributed by atoms with Gasteiger partial charge in [-0.15, -0.1) is 0 Å². The normalized spacial score (nSPS) is 11.0. The van der Waals surface area contributed by atoms with Crippen LogP contribution in [0.2, 0.25) is 0 Å². The molecule has 0 bridgehead atoms. The number of carbonyl (C=O) groups excluding carboxylic acids is 1. The third kappa shape index (κ3) is 1.72. The number of aromatic nitrogens is 2. The van der Waals surface area contributed by atoms with Crippen LogP contribution in [0.3, 0.4) is 0 Å². The maximum absolute atomic E-state index is 12.1. The zero-order chi connectivity index (χ0) is 12.7. The fraction of sp³-hybridized carbons (Fsp3) is 0.143. The molecule has 0 aliphatic heterocycles. The van der Waals surface area contributed by atoms with Crippen molar-refractivity contribution in [2.24, 2.45) is 7.05 Å². The van der Waals surface area contributed by atoms with Crippen molar-refractivity contribution < 1.29 is 9.21 Å². The summed E-state index contributed by atoms with van der Waals surface area (Å²) in [6.45, 7) is 2.01. The molecular formula is C14H12N2O2. The number of hydrogen-bond acceptors (Lipinski definition) is 3. The first-order chi connectivity index (χ1) is 8.63. The first-order valence-electron chi connectivity index (χ1n) is 5.68. The zero-order valence-corrected chi connectivity index (χ0v) is 10.2. The Bertz CT molecular complexity index is 737. The van der Waals surface area contributed by atoms with Gasteiger partial charge in [-0.25, -0.2) is 0 Å². The number of furan rings is 1. The van der Waals surface area contributed by atoms with E-state index in [1.807, 2.05) is 25.1 Å². The molecule has 0 amide bonds. The molecular weight excluding hydrogens is 228 g/mol. The number of aryl methyl sites for hydroxylation is 2. The van der Waals surface area contributed by atoms with Gasteiger partial charge < -0.3 is 4.42 Å². The Balaban J connectivity index is 2.06. The second-order valence-corrected chi connectivity index (χ2v) is 4.36. The average Bonchev–Trinajstić information content (AvgIpc) is 2.93. The highest BCUT2D eigenvalue weighted by Gasteiger charge is 2.16. The summed E-state index contributed by atoms with van der Waals surface area (Å²) < 4.78 is 7.15. The second-order valence-electron chi connectivity index (χ2n) is 4.36. The van der Waals surface area contributed by atoms with Crippen LogP contribution in [0, 0.1) is 6.92 Å². The number of benzene rings is 1. The summed E-state index contributed by atoms with van der Waals surface area (Å²) in [5.74, 6) is 0.138. The minimum absolute atomic E-state index is 0.190. The standard InChI is InChI=1S/C14H12N2O2/c1-9-3-4-12-10(7-9)8-13(18-12)14(17)11-5-6-16(2)15-11/h3-8H,1-2H3. The minimum Gasteiger partial charge on any atom is -0.453 e. The van der Waals surface area contributed by atoms with Crippen molar-refractivity contribution in [1.82, 2.24) is 9.78 Å². The highest BCUT2D eigenvalue weighted by molar-refractivity contribution is 6.07. The van der Waals surface area contributed by atoms with E-state index in [9.17, 15) is 4.79 Å². The van der Waals surface area contributed by atoms with Gasteiger partial charge in [0.05, 0.1) is 0 Å². The quantitative estimate of drug-likeness (QED) is 0.647. The van der Waals surface area contributed by atoms with E-state index in [1.165, 1.54) is 0 Å². The minimum atomic E-state index is -0.190. The van der Waals surface area contributed by atoms with Gasteiger partial charge in [0.15, 0.2) is 5.76 Å². The molecule has 2 heterocycles. The molecule has 90 valence electrons. The number of nitrogens with zero attached hydrogens (tertiary/aromatic N) is 2. The van der Waals surface area contributed by atoms with Crippen LogP contribution in [0.5, 0.6) is 0 Å². The first kappa shape index (κ1) is 10.8. The van der Waals surface area contributed by atoms with Gasteiger partial charge in [0.1, 0.15) is 11.3 Å². The summed E-state index contributed by atoms with van der Waals surface area (Å²) >= 11 is 0. The Morgan fingerprint density at radius 3 is 2.83 bits per heavy atom. The van der Waals surface area contributed by atoms with E-state index in [4.69, 9.17) is 4.42 Å². The van der Waals surface area contributed by atoms with Gasteiger partial charge in [-0.3, -0.25) is 9.48 Å². The molecule has 4 nitrogen and oxygen atoms in total. The maximum Gasteiger partial charge on any atom is 0.248 e. The molecule has 4 heteroatoms. The average molecular weight is 240 g/mol. The molecule has 0 unspecified atom stereocenters. The molecule has 0 aliphatic carbocycles. The molecule has 0 aliphatic rings. The number of carbonyl (C=O) groups is 1. The van der Waals surface area contributed by atoms with Crippen LogP contribution in [0.25, 0.3) is 11.0 Å². The third-order valence-corrected chi connectivity index (χ3v) is 2.84. The Kier molecular flexibility index (Phi) is 2.30. The van der Waals surface area contributed by atoms with Crippen molar-refractivity contribution >= 4 is 16.8 Å². The largest absolute Gasteiger partial charge is 0.453 e. The van der Waals surface area contributed by atoms with Crippen LogP contribution in [-0.2, 0) is 7.05 Å². The lowest BCUT2D eigenvalue weighted by Crippen LogP contribution is -2.01. The third-order valence-electron chi connectivity index (χ3n) is 2.84. The lowest BCUT2D eigenvalue weighted by atomic mass is 10.1. The second kappa shape index (κ2) is 3.84. The van der Waals surface area contributed by atoms with Crippen LogP contribution in [0.4, 0.5) is 0 Å². The predicted molar refractivity (Wildman–Crippen MR) is 67.6 cm³/mol. The Hall–Kier alpha value is -2.36. The van der Waals surface area contributed by atoms with Gasteiger partial charge in [-0.2, -0.15) is 5.10 Å². The number of fused-ring (bicyclic) bond motifs is 1. The first-order valence-corrected chi connectivity index (χ1v) is 5.68. The lowest BCUT2D eigenvalue weighted by Gasteiger charge is -1.91. The number of ketones is 1. The van der Waals surface area contributed by atoms with Crippen molar-refractivity contribution in [3.05, 3.63) is 53.5 Å². The molecule has 18 heavy (non-hydrogen) atoms. The van der Waals surface area contributed by atoms with Crippen molar-refractivity contribution in [2.45, 2.75) is 6.92 Å². The summed E-state index contributed by atoms with van der Waals surface area (Å²) in [5.41, 5.74) is 2.26. The summed E-state index contributed by atoms with van der Waals surface area (Å²) in [6, 6.07) is 9.27. The van der Waals surface area contributed by atoms with Crippen LogP contribution in [0.15, 0.2) is 40.9 Å². The van der Waals surface area contributed by atoms with E-state index in [0.717, 1.165) is 16.5 Å². The molecule has 0 saturated carbocycles. The summed E-state index contributed by atoms with van der Waals surface area (Å²) in [7, 11) is 1.78. The molecule has 0 atom stereocenters. The highest BCUT2D eigenvalue weighted by Crippen LogP contribution is 2.22. The van der Waals surface area contributed by atoms with E-state index >= 15 is 0 Å². The van der Waals surface area contributed by atoms with Gasteiger partial charge in [0, 0.05) is 18.6 Å². The fourth-order valence-electron chi connectivity index (χ4n) is 1.94. The van der Waals surface area contributed by atoms with E-state index in [-0.39, 0.29) is 5.78 Å². The smallest absolute Gasteiger partial charge is 0.248 e. The van der Waals surface area contributed by atoms with Crippen molar-refractivity contribution in [2.75, 3.05) is 0 Å². The van der Waals surface area contributed by atoms with Crippen LogP contribution >= 0.6 is 0 Å². The highest BCUT2D eigenvalue weighted by atomic mass is 16.3. The predicted octanol–water partition coefficient (Wildman–Crippen LogP) is 2.71. The molecule has 0 radical (unpaired) electrons. The molecule has 3 rings (SSSR count). The molecule has 0 fully saturated rings. The van der Waals surface area contributed by atoms with Crippen molar-refractivity contribution in [3.8, 4) is 0 Å². The molecule has 1 aromatic carbocycles. The molecule has 0 saturated heterocycles. The summed E-state index contributed by atoms with van der Waals surface area (Å²) in [4.78, 5) is 12.1. The topological polar surface area (TPSA) is 48.0 Å². The van der Waals surface area contributed by atoms with Crippen LogP contribution < -0.4 is 0 Å². The van der Waals surface area contributed by atoms with E-state index in [0.29, 0.717) is 11.5 Å². The zero-order valence-electron chi connectivity index (χ0n) is 10.2. The monoisotopic (exact) mass is 240 g/mol. The molecule has 3 aromatic rings. The maximum atomic E-state index is 12.1. The number of hydrogen-bond donors (Lipinski definition) is 0. The van der Waals surface area contributed by atoms with Crippen LogP contribution in [0.1, 0.15) is 21.8 Å². The molecule has 2 aromatic heterocycles. The van der Waals surface area contributed by atoms with Gasteiger partial charge in [0.2, 0.25) is 5.78 Å².